The van der Waals surface area contributed by atoms with Crippen LogP contribution in [0.3, 0.4) is 0 Å². The minimum Gasteiger partial charge on any atom is -0.489 e. The van der Waals surface area contributed by atoms with Crippen LogP contribution in [0, 0.1) is 6.92 Å². The third-order valence-corrected chi connectivity index (χ3v) is 7.00. The number of pyridine rings is 2. The topological polar surface area (TPSA) is 81.5 Å². The van der Waals surface area contributed by atoms with Crippen molar-refractivity contribution in [3.63, 3.8) is 0 Å². The van der Waals surface area contributed by atoms with Crippen LogP contribution in [0.4, 0.5) is 0 Å². The maximum Gasteiger partial charge on any atom is 0.254 e. The molecule has 4 rings (SSSR count). The van der Waals surface area contributed by atoms with Crippen molar-refractivity contribution in [2.75, 3.05) is 13.1 Å². The molecule has 1 aliphatic heterocycles. The van der Waals surface area contributed by atoms with Crippen LogP contribution in [0.1, 0.15) is 12.1 Å². The molecule has 8 heteroatoms. The third-order valence-electron chi connectivity index (χ3n) is 5.10. The third kappa shape index (κ3) is 3.29. The lowest BCUT2D eigenvalue weighted by Crippen LogP contribution is -2.31. The molecule has 7 nitrogen and oxygen atoms in total. The molecule has 0 saturated carbocycles. The summed E-state index contributed by atoms with van der Waals surface area (Å²) in [6.45, 7) is 2.42. The fraction of sp³-hybridized carbons (Fsp3) is 0.300. The number of ether oxygens (including phenoxy) is 1. The van der Waals surface area contributed by atoms with Crippen molar-refractivity contribution in [3.05, 3.63) is 64.7 Å². The van der Waals surface area contributed by atoms with Gasteiger partial charge in [0.2, 0.25) is 10.0 Å². The van der Waals surface area contributed by atoms with Gasteiger partial charge in [0.25, 0.3) is 5.56 Å². The van der Waals surface area contributed by atoms with E-state index in [1.807, 2.05) is 19.1 Å². The first-order valence-electron chi connectivity index (χ1n) is 9.04. The van der Waals surface area contributed by atoms with Gasteiger partial charge in [-0.25, -0.2) is 8.42 Å². The maximum atomic E-state index is 13.2. The summed E-state index contributed by atoms with van der Waals surface area (Å²) in [6.07, 6.45) is 1.85. The summed E-state index contributed by atoms with van der Waals surface area (Å²) in [4.78, 5) is 16.4. The smallest absolute Gasteiger partial charge is 0.254 e. The van der Waals surface area contributed by atoms with E-state index >= 15 is 0 Å². The molecule has 0 bridgehead atoms. The molecule has 1 aliphatic rings. The van der Waals surface area contributed by atoms with Gasteiger partial charge < -0.3 is 9.30 Å². The number of fused-ring (bicyclic) bond motifs is 1. The van der Waals surface area contributed by atoms with Crippen molar-refractivity contribution < 1.29 is 13.2 Å². The van der Waals surface area contributed by atoms with E-state index in [-0.39, 0.29) is 23.1 Å². The van der Waals surface area contributed by atoms with E-state index in [4.69, 9.17) is 4.74 Å². The molecule has 0 N–H and O–H groups in total. The Morgan fingerprint density at radius 3 is 2.75 bits per heavy atom. The van der Waals surface area contributed by atoms with Crippen molar-refractivity contribution in [3.8, 4) is 5.75 Å². The lowest BCUT2D eigenvalue weighted by molar-refractivity contribution is 0.214. The van der Waals surface area contributed by atoms with Crippen molar-refractivity contribution in [2.24, 2.45) is 7.05 Å². The van der Waals surface area contributed by atoms with E-state index < -0.39 is 10.0 Å². The number of aromatic nitrogens is 2. The SMILES string of the molecule is Cc1cc(O[C@@H]2CCN(S(=O)(=O)c3cccc4cccnc34)C2)cc(=O)n1C. The summed E-state index contributed by atoms with van der Waals surface area (Å²) in [5.74, 6) is 0.469. The molecule has 0 unspecified atom stereocenters. The van der Waals surface area contributed by atoms with Crippen LogP contribution in [0.5, 0.6) is 5.75 Å². The predicted molar refractivity (Wildman–Crippen MR) is 106 cm³/mol. The predicted octanol–water partition coefficient (Wildman–Crippen LogP) is 2.08. The molecule has 0 spiro atoms. The van der Waals surface area contributed by atoms with E-state index in [9.17, 15) is 13.2 Å². The molecule has 0 radical (unpaired) electrons. The maximum absolute atomic E-state index is 13.2. The molecule has 2 aromatic heterocycles. The van der Waals surface area contributed by atoms with E-state index in [1.165, 1.54) is 14.9 Å². The molecule has 1 atom stereocenters. The van der Waals surface area contributed by atoms with Gasteiger partial charge in [0.1, 0.15) is 16.7 Å². The average molecular weight is 399 g/mol. The zero-order valence-electron chi connectivity index (χ0n) is 15.7. The van der Waals surface area contributed by atoms with Gasteiger partial charge in [0.15, 0.2) is 0 Å². The highest BCUT2D eigenvalue weighted by atomic mass is 32.2. The number of hydrogen-bond acceptors (Lipinski definition) is 5. The Morgan fingerprint density at radius 2 is 1.96 bits per heavy atom. The van der Waals surface area contributed by atoms with Gasteiger partial charge >= 0.3 is 0 Å². The molecule has 146 valence electrons. The zero-order valence-corrected chi connectivity index (χ0v) is 16.5. The molecule has 1 saturated heterocycles. The number of para-hydroxylation sites is 1. The standard InChI is InChI=1S/C20H21N3O4S/c1-14-11-17(12-19(24)22(14)2)27-16-8-10-23(13-16)28(25,26)18-7-3-5-15-6-4-9-21-20(15)18/h3-7,9,11-12,16H,8,10,13H2,1-2H3/t16-/m1/s1. The van der Waals surface area contributed by atoms with Gasteiger partial charge in [-0.1, -0.05) is 18.2 Å². The molecule has 1 aromatic carbocycles. The fourth-order valence-electron chi connectivity index (χ4n) is 3.43. The highest BCUT2D eigenvalue weighted by molar-refractivity contribution is 7.89. The molecule has 3 heterocycles. The van der Waals surface area contributed by atoms with Crippen LogP contribution < -0.4 is 10.3 Å². The Labute approximate surface area is 163 Å². The van der Waals surface area contributed by atoms with E-state index in [2.05, 4.69) is 4.98 Å². The Morgan fingerprint density at radius 1 is 1.18 bits per heavy atom. The highest BCUT2D eigenvalue weighted by Crippen LogP contribution is 2.28. The van der Waals surface area contributed by atoms with Crippen molar-refractivity contribution >= 4 is 20.9 Å². The molecule has 0 amide bonds. The fourth-order valence-corrected chi connectivity index (χ4v) is 5.08. The Hall–Kier alpha value is -2.71. The van der Waals surface area contributed by atoms with E-state index in [1.54, 1.807) is 37.5 Å². The normalized spacial score (nSPS) is 17.9. The summed E-state index contributed by atoms with van der Waals surface area (Å²) in [7, 11) is -1.99. The van der Waals surface area contributed by atoms with Crippen LogP contribution in [-0.4, -0.2) is 41.5 Å². The van der Waals surface area contributed by atoms with E-state index in [0.29, 0.717) is 24.2 Å². The molecule has 3 aromatic rings. The summed E-state index contributed by atoms with van der Waals surface area (Å²) >= 11 is 0. The van der Waals surface area contributed by atoms with Crippen LogP contribution in [-0.2, 0) is 17.1 Å². The van der Waals surface area contributed by atoms with Gasteiger partial charge in [-0.15, -0.1) is 0 Å². The monoisotopic (exact) mass is 399 g/mol. The number of nitrogens with zero attached hydrogens (tertiary/aromatic N) is 3. The number of benzene rings is 1. The second kappa shape index (κ2) is 7.03. The summed E-state index contributed by atoms with van der Waals surface area (Å²) in [5, 5.41) is 0.783. The second-order valence-corrected chi connectivity index (χ2v) is 8.86. The lowest BCUT2D eigenvalue weighted by atomic mass is 10.2. The largest absolute Gasteiger partial charge is 0.489 e. The molecular weight excluding hydrogens is 378 g/mol. The first kappa shape index (κ1) is 18.6. The first-order valence-corrected chi connectivity index (χ1v) is 10.5. The Bertz CT molecular complexity index is 1200. The van der Waals surface area contributed by atoms with Crippen LogP contribution in [0.2, 0.25) is 0 Å². The molecule has 1 fully saturated rings. The van der Waals surface area contributed by atoms with Gasteiger partial charge in [0, 0.05) is 36.9 Å². The quantitative estimate of drug-likeness (QED) is 0.671. The number of hydrogen-bond donors (Lipinski definition) is 0. The number of aryl methyl sites for hydroxylation is 1. The number of sulfonamides is 1. The van der Waals surface area contributed by atoms with Gasteiger partial charge in [0.05, 0.1) is 12.1 Å². The summed E-state index contributed by atoms with van der Waals surface area (Å²) in [5.41, 5.74) is 1.10. The minimum absolute atomic E-state index is 0.153. The Balaban J connectivity index is 1.57. The van der Waals surface area contributed by atoms with Crippen molar-refractivity contribution in [1.82, 2.24) is 13.9 Å². The van der Waals surface area contributed by atoms with E-state index in [0.717, 1.165) is 11.1 Å². The second-order valence-electron chi connectivity index (χ2n) is 6.95. The van der Waals surface area contributed by atoms with Gasteiger partial charge in [-0.2, -0.15) is 4.31 Å². The molecule has 28 heavy (non-hydrogen) atoms. The van der Waals surface area contributed by atoms with Crippen molar-refractivity contribution in [2.45, 2.75) is 24.3 Å². The van der Waals surface area contributed by atoms with Gasteiger partial charge in [-0.05, 0) is 31.5 Å². The van der Waals surface area contributed by atoms with Crippen LogP contribution >= 0.6 is 0 Å². The summed E-state index contributed by atoms with van der Waals surface area (Å²) in [6, 6.07) is 12.0. The molecular formula is C20H21N3O4S. The summed E-state index contributed by atoms with van der Waals surface area (Å²) < 4.78 is 35.2. The lowest BCUT2D eigenvalue weighted by Gasteiger charge is -2.18. The zero-order chi connectivity index (χ0) is 19.9. The first-order chi connectivity index (χ1) is 13.4. The number of rotatable bonds is 4. The van der Waals surface area contributed by atoms with Gasteiger partial charge in [-0.3, -0.25) is 9.78 Å². The molecule has 0 aliphatic carbocycles. The Kier molecular flexibility index (Phi) is 4.68. The van der Waals surface area contributed by atoms with Crippen LogP contribution in [0.15, 0.2) is 58.4 Å². The average Bonchev–Trinajstić information content (AvgIpc) is 3.15. The highest BCUT2D eigenvalue weighted by Gasteiger charge is 2.34. The van der Waals surface area contributed by atoms with Crippen molar-refractivity contribution in [1.29, 1.82) is 0 Å². The minimum atomic E-state index is -3.69. The van der Waals surface area contributed by atoms with Crippen LogP contribution in [0.25, 0.3) is 10.9 Å².